The van der Waals surface area contributed by atoms with Gasteiger partial charge in [0.1, 0.15) is 0 Å². The zero-order chi connectivity index (χ0) is 20.2. The SMILES string of the molecule is CC(C)(C)NC(=O)OC1(C(=O)N2CCN(c3ccccc3)CC2)CCCCC1. The second-order valence-electron chi connectivity index (χ2n) is 8.93. The summed E-state index contributed by atoms with van der Waals surface area (Å²) in [7, 11) is 0. The number of nitrogens with one attached hydrogen (secondary N) is 1. The zero-order valence-corrected chi connectivity index (χ0v) is 17.4. The van der Waals surface area contributed by atoms with Gasteiger partial charge in [-0.05, 0) is 58.6 Å². The molecule has 2 aliphatic rings. The summed E-state index contributed by atoms with van der Waals surface area (Å²) in [6, 6.07) is 10.3. The van der Waals surface area contributed by atoms with E-state index in [1.165, 1.54) is 5.69 Å². The third-order valence-electron chi connectivity index (χ3n) is 5.50. The largest absolute Gasteiger partial charge is 0.433 e. The van der Waals surface area contributed by atoms with Crippen molar-refractivity contribution in [1.82, 2.24) is 10.2 Å². The average Bonchev–Trinajstić information content (AvgIpc) is 2.67. The molecule has 1 saturated heterocycles. The molecule has 154 valence electrons. The molecule has 1 aliphatic carbocycles. The van der Waals surface area contributed by atoms with E-state index in [2.05, 4.69) is 22.3 Å². The van der Waals surface area contributed by atoms with Gasteiger partial charge in [0.05, 0.1) is 0 Å². The Hall–Kier alpha value is -2.24. The lowest BCUT2D eigenvalue weighted by Crippen LogP contribution is -2.59. The Labute approximate surface area is 168 Å². The van der Waals surface area contributed by atoms with Gasteiger partial charge in [-0.25, -0.2) is 4.79 Å². The molecule has 1 N–H and O–H groups in total. The number of para-hydroxylation sites is 1. The van der Waals surface area contributed by atoms with E-state index in [1.54, 1.807) is 0 Å². The van der Waals surface area contributed by atoms with E-state index in [4.69, 9.17) is 4.74 Å². The highest BCUT2D eigenvalue weighted by atomic mass is 16.6. The van der Waals surface area contributed by atoms with Gasteiger partial charge in [0.15, 0.2) is 5.60 Å². The third kappa shape index (κ3) is 4.97. The minimum absolute atomic E-state index is 0.0241. The highest BCUT2D eigenvalue weighted by molar-refractivity contribution is 5.88. The molecule has 6 nitrogen and oxygen atoms in total. The first-order chi connectivity index (χ1) is 13.3. The predicted octanol–water partition coefficient (Wildman–Crippen LogP) is 3.56. The Morgan fingerprint density at radius 2 is 1.57 bits per heavy atom. The lowest BCUT2D eigenvalue weighted by molar-refractivity contribution is -0.155. The lowest BCUT2D eigenvalue weighted by atomic mass is 9.83. The molecule has 0 aromatic heterocycles. The number of rotatable bonds is 3. The molecule has 0 spiro atoms. The van der Waals surface area contributed by atoms with Gasteiger partial charge in [0.25, 0.3) is 5.91 Å². The van der Waals surface area contributed by atoms with Crippen molar-refractivity contribution in [2.24, 2.45) is 0 Å². The first kappa shape index (κ1) is 20.5. The number of piperazine rings is 1. The maximum absolute atomic E-state index is 13.4. The molecule has 1 aromatic carbocycles. The smallest absolute Gasteiger partial charge is 0.408 e. The van der Waals surface area contributed by atoms with Crippen LogP contribution in [0.3, 0.4) is 0 Å². The molecule has 0 unspecified atom stereocenters. The Balaban J connectivity index is 1.66. The van der Waals surface area contributed by atoms with E-state index in [9.17, 15) is 9.59 Å². The van der Waals surface area contributed by atoms with Crippen molar-refractivity contribution in [3.05, 3.63) is 30.3 Å². The van der Waals surface area contributed by atoms with E-state index in [0.29, 0.717) is 25.9 Å². The van der Waals surface area contributed by atoms with Gasteiger partial charge < -0.3 is 19.9 Å². The van der Waals surface area contributed by atoms with Crippen molar-refractivity contribution in [1.29, 1.82) is 0 Å². The minimum atomic E-state index is -1.01. The Kier molecular flexibility index (Phi) is 6.16. The maximum atomic E-state index is 13.4. The molecule has 0 atom stereocenters. The van der Waals surface area contributed by atoms with Crippen LogP contribution in [0.25, 0.3) is 0 Å². The summed E-state index contributed by atoms with van der Waals surface area (Å²) >= 11 is 0. The van der Waals surface area contributed by atoms with Gasteiger partial charge in [0.2, 0.25) is 0 Å². The van der Waals surface area contributed by atoms with Crippen molar-refractivity contribution in [2.75, 3.05) is 31.1 Å². The van der Waals surface area contributed by atoms with Gasteiger partial charge in [-0.3, -0.25) is 4.79 Å². The molecule has 0 bridgehead atoms. The number of alkyl carbamates (subject to hydrolysis) is 1. The van der Waals surface area contributed by atoms with Gasteiger partial charge >= 0.3 is 6.09 Å². The highest BCUT2D eigenvalue weighted by Gasteiger charge is 2.46. The van der Waals surface area contributed by atoms with Gasteiger partial charge in [-0.1, -0.05) is 24.6 Å². The normalized spacial score (nSPS) is 19.8. The van der Waals surface area contributed by atoms with Crippen LogP contribution in [-0.2, 0) is 9.53 Å². The topological polar surface area (TPSA) is 61.9 Å². The summed E-state index contributed by atoms with van der Waals surface area (Å²) in [4.78, 5) is 30.0. The first-order valence-electron chi connectivity index (χ1n) is 10.4. The van der Waals surface area contributed by atoms with Gasteiger partial charge in [-0.2, -0.15) is 0 Å². The zero-order valence-electron chi connectivity index (χ0n) is 17.4. The quantitative estimate of drug-likeness (QED) is 0.861. The lowest BCUT2D eigenvalue weighted by Gasteiger charge is -2.43. The molecular weight excluding hydrogens is 354 g/mol. The molecule has 1 saturated carbocycles. The van der Waals surface area contributed by atoms with Crippen molar-refractivity contribution in [2.45, 2.75) is 64.0 Å². The summed E-state index contributed by atoms with van der Waals surface area (Å²) < 4.78 is 5.83. The molecule has 0 radical (unpaired) electrons. The summed E-state index contributed by atoms with van der Waals surface area (Å²) in [5, 5.41) is 2.84. The third-order valence-corrected chi connectivity index (χ3v) is 5.50. The van der Waals surface area contributed by atoms with Crippen LogP contribution >= 0.6 is 0 Å². The monoisotopic (exact) mass is 387 g/mol. The number of benzene rings is 1. The van der Waals surface area contributed by atoms with Crippen LogP contribution in [0.4, 0.5) is 10.5 Å². The standard InChI is InChI=1S/C22H33N3O3/c1-21(2,3)23-20(27)28-22(12-8-5-9-13-22)19(26)25-16-14-24(15-17-25)18-10-6-4-7-11-18/h4,6-7,10-11H,5,8-9,12-17H2,1-3H3,(H,23,27). The van der Waals surface area contributed by atoms with Crippen LogP contribution in [0.5, 0.6) is 0 Å². The van der Waals surface area contributed by atoms with E-state index in [1.807, 2.05) is 43.9 Å². The molecule has 6 heteroatoms. The van der Waals surface area contributed by atoms with E-state index >= 15 is 0 Å². The Morgan fingerprint density at radius 1 is 0.964 bits per heavy atom. The minimum Gasteiger partial charge on any atom is -0.433 e. The molecule has 2 fully saturated rings. The molecule has 2 amide bonds. The number of hydrogen-bond acceptors (Lipinski definition) is 4. The molecular formula is C22H33N3O3. The van der Waals surface area contributed by atoms with Crippen molar-refractivity contribution < 1.29 is 14.3 Å². The predicted molar refractivity (Wildman–Crippen MR) is 110 cm³/mol. The van der Waals surface area contributed by atoms with Crippen LogP contribution in [0.15, 0.2) is 30.3 Å². The number of anilines is 1. The summed E-state index contributed by atoms with van der Waals surface area (Å²) in [5.74, 6) is -0.0241. The first-order valence-corrected chi connectivity index (χ1v) is 10.4. The number of amides is 2. The van der Waals surface area contributed by atoms with Crippen LogP contribution in [0.1, 0.15) is 52.9 Å². The molecule has 1 heterocycles. The highest BCUT2D eigenvalue weighted by Crippen LogP contribution is 2.34. The molecule has 3 rings (SSSR count). The number of hydrogen-bond donors (Lipinski definition) is 1. The second-order valence-corrected chi connectivity index (χ2v) is 8.93. The maximum Gasteiger partial charge on any atom is 0.408 e. The fraction of sp³-hybridized carbons (Fsp3) is 0.636. The molecule has 1 aliphatic heterocycles. The van der Waals surface area contributed by atoms with Crippen molar-refractivity contribution in [3.8, 4) is 0 Å². The van der Waals surface area contributed by atoms with Crippen LogP contribution in [-0.4, -0.2) is 54.2 Å². The van der Waals surface area contributed by atoms with Gasteiger partial charge in [-0.15, -0.1) is 0 Å². The Bertz CT molecular complexity index is 670. The summed E-state index contributed by atoms with van der Waals surface area (Å²) in [6.07, 6.45) is 3.65. The fourth-order valence-electron chi connectivity index (χ4n) is 4.09. The van der Waals surface area contributed by atoms with Crippen molar-refractivity contribution >= 4 is 17.7 Å². The number of carbonyl (C=O) groups is 2. The van der Waals surface area contributed by atoms with E-state index in [-0.39, 0.29) is 5.91 Å². The molecule has 1 aromatic rings. The summed E-state index contributed by atoms with van der Waals surface area (Å²) in [6.45, 7) is 8.62. The van der Waals surface area contributed by atoms with Gasteiger partial charge in [0, 0.05) is 37.4 Å². The molecule has 28 heavy (non-hydrogen) atoms. The second kappa shape index (κ2) is 8.41. The number of ether oxygens (including phenoxy) is 1. The number of nitrogens with zero attached hydrogens (tertiary/aromatic N) is 2. The Morgan fingerprint density at radius 3 is 2.14 bits per heavy atom. The van der Waals surface area contributed by atoms with E-state index < -0.39 is 17.2 Å². The van der Waals surface area contributed by atoms with Crippen LogP contribution in [0, 0.1) is 0 Å². The fourth-order valence-corrected chi connectivity index (χ4v) is 4.09. The summed E-state index contributed by atoms with van der Waals surface area (Å²) in [5.41, 5.74) is -0.220. The van der Waals surface area contributed by atoms with Crippen molar-refractivity contribution in [3.63, 3.8) is 0 Å². The van der Waals surface area contributed by atoms with Crippen LogP contribution in [0.2, 0.25) is 0 Å². The van der Waals surface area contributed by atoms with Crippen LogP contribution < -0.4 is 10.2 Å². The number of carbonyl (C=O) groups excluding carboxylic acids is 2. The average molecular weight is 388 g/mol. The van der Waals surface area contributed by atoms with E-state index in [0.717, 1.165) is 32.4 Å².